The smallest absolute Gasteiger partial charge is 0.255 e. The lowest BCUT2D eigenvalue weighted by molar-refractivity contribution is 0.0746. The van der Waals surface area contributed by atoms with Gasteiger partial charge >= 0.3 is 0 Å². The van der Waals surface area contributed by atoms with Crippen LogP contribution in [0.25, 0.3) is 0 Å². The lowest BCUT2D eigenvalue weighted by Crippen LogP contribution is -2.49. The molecule has 0 radical (unpaired) electrons. The number of anilines is 2. The van der Waals surface area contributed by atoms with Gasteiger partial charge in [0.2, 0.25) is 6.79 Å². The van der Waals surface area contributed by atoms with Crippen molar-refractivity contribution in [1.29, 1.82) is 0 Å². The topological polar surface area (TPSA) is 84.0 Å². The first-order valence-corrected chi connectivity index (χ1v) is 10.6. The lowest BCUT2D eigenvalue weighted by Gasteiger charge is -2.36. The van der Waals surface area contributed by atoms with Crippen molar-refractivity contribution in [2.75, 3.05) is 43.2 Å². The van der Waals surface area contributed by atoms with Crippen LogP contribution >= 0.6 is 0 Å². The molecule has 3 heterocycles. The summed E-state index contributed by atoms with van der Waals surface area (Å²) in [6, 6.07) is 11.6. The number of hydrogen-bond acceptors (Lipinski definition) is 6. The average Bonchev–Trinajstić information content (AvgIpc) is 3.34. The maximum Gasteiger partial charge on any atom is 0.255 e. The van der Waals surface area contributed by atoms with Crippen LogP contribution in [0.4, 0.5) is 20.3 Å². The van der Waals surface area contributed by atoms with Gasteiger partial charge in [0.15, 0.2) is 29.0 Å². The molecule has 1 fully saturated rings. The summed E-state index contributed by atoms with van der Waals surface area (Å²) in [5, 5.41) is 2.89. The number of aromatic nitrogens is 1. The van der Waals surface area contributed by atoms with Gasteiger partial charge in [-0.15, -0.1) is 0 Å². The van der Waals surface area contributed by atoms with Crippen LogP contribution < -0.4 is 19.7 Å². The molecule has 2 aliphatic rings. The fourth-order valence-corrected chi connectivity index (χ4v) is 3.91. The van der Waals surface area contributed by atoms with Crippen LogP contribution in [-0.2, 0) is 0 Å². The van der Waals surface area contributed by atoms with Gasteiger partial charge in [0.05, 0.1) is 5.69 Å². The fourth-order valence-electron chi connectivity index (χ4n) is 3.91. The standard InChI is InChI=1S/C24H20F2N4O4/c25-17-5-3-16(12-18(17)26)24(32)30-10-8-29(9-11-30)22-19(2-1-7-27-22)28-23(31)15-4-6-20-21(13-15)34-14-33-20/h1-7,12-13H,8-11,14H2,(H,28,31). The molecule has 2 aromatic carbocycles. The Labute approximate surface area is 193 Å². The second-order valence-corrected chi connectivity index (χ2v) is 7.80. The number of rotatable bonds is 4. The average molecular weight is 466 g/mol. The summed E-state index contributed by atoms with van der Waals surface area (Å²) in [6.07, 6.45) is 1.63. The van der Waals surface area contributed by atoms with Crippen LogP contribution in [0.3, 0.4) is 0 Å². The van der Waals surface area contributed by atoms with Gasteiger partial charge in [0, 0.05) is 43.5 Å². The first-order chi connectivity index (χ1) is 16.5. The molecule has 174 valence electrons. The normalized spacial score (nSPS) is 14.8. The summed E-state index contributed by atoms with van der Waals surface area (Å²) >= 11 is 0. The summed E-state index contributed by atoms with van der Waals surface area (Å²) in [5.41, 5.74) is 1.05. The van der Waals surface area contributed by atoms with Crippen molar-refractivity contribution in [3.8, 4) is 11.5 Å². The number of pyridine rings is 1. The van der Waals surface area contributed by atoms with Crippen molar-refractivity contribution >= 4 is 23.3 Å². The molecule has 2 amide bonds. The van der Waals surface area contributed by atoms with Crippen LogP contribution in [0.1, 0.15) is 20.7 Å². The zero-order chi connectivity index (χ0) is 23.7. The fraction of sp³-hybridized carbons (Fsp3) is 0.208. The maximum atomic E-state index is 13.5. The highest BCUT2D eigenvalue weighted by Gasteiger charge is 2.25. The highest BCUT2D eigenvalue weighted by molar-refractivity contribution is 6.06. The molecule has 5 rings (SSSR count). The Hall–Kier alpha value is -4.21. The number of carbonyl (C=O) groups excluding carboxylic acids is 2. The van der Waals surface area contributed by atoms with Gasteiger partial charge < -0.3 is 24.6 Å². The van der Waals surface area contributed by atoms with Gasteiger partial charge in [-0.1, -0.05) is 0 Å². The van der Waals surface area contributed by atoms with E-state index in [2.05, 4.69) is 10.3 Å². The minimum atomic E-state index is -1.05. The van der Waals surface area contributed by atoms with E-state index < -0.39 is 11.6 Å². The summed E-state index contributed by atoms with van der Waals surface area (Å²) in [5.74, 6) is -1.05. The largest absolute Gasteiger partial charge is 0.454 e. The minimum absolute atomic E-state index is 0.0989. The number of piperazine rings is 1. The Morgan fingerprint density at radius 2 is 1.65 bits per heavy atom. The number of halogens is 2. The second-order valence-electron chi connectivity index (χ2n) is 7.80. The van der Waals surface area contributed by atoms with E-state index in [1.165, 1.54) is 6.07 Å². The van der Waals surface area contributed by atoms with Crippen LogP contribution in [0.2, 0.25) is 0 Å². The van der Waals surface area contributed by atoms with Crippen LogP contribution in [0, 0.1) is 11.6 Å². The highest BCUT2D eigenvalue weighted by Crippen LogP contribution is 2.33. The first kappa shape index (κ1) is 21.6. The third-order valence-corrected chi connectivity index (χ3v) is 5.70. The summed E-state index contributed by atoms with van der Waals surface area (Å²) in [7, 11) is 0. The molecule has 0 aliphatic carbocycles. The molecule has 2 aliphatic heterocycles. The van der Waals surface area contributed by atoms with Gasteiger partial charge in [0.25, 0.3) is 11.8 Å². The molecule has 34 heavy (non-hydrogen) atoms. The molecular formula is C24H20F2N4O4. The van der Waals surface area contributed by atoms with Crippen molar-refractivity contribution < 1.29 is 27.8 Å². The minimum Gasteiger partial charge on any atom is -0.454 e. The molecule has 1 saturated heterocycles. The number of hydrogen-bond donors (Lipinski definition) is 1. The van der Waals surface area contributed by atoms with E-state index in [9.17, 15) is 18.4 Å². The predicted octanol–water partition coefficient (Wildman–Crippen LogP) is 3.30. The number of benzene rings is 2. The van der Waals surface area contributed by atoms with Crippen molar-refractivity contribution in [3.05, 3.63) is 77.5 Å². The van der Waals surface area contributed by atoms with Crippen LogP contribution in [0.5, 0.6) is 11.5 Å². The summed E-state index contributed by atoms with van der Waals surface area (Å²) < 4.78 is 37.3. The van der Waals surface area contributed by atoms with Crippen LogP contribution in [0.15, 0.2) is 54.7 Å². The van der Waals surface area contributed by atoms with Gasteiger partial charge in [-0.3, -0.25) is 9.59 Å². The zero-order valence-corrected chi connectivity index (χ0v) is 18.0. The van der Waals surface area contributed by atoms with E-state index in [0.29, 0.717) is 54.7 Å². The number of ether oxygens (including phenoxy) is 2. The Morgan fingerprint density at radius 1 is 0.882 bits per heavy atom. The number of nitrogens with one attached hydrogen (secondary N) is 1. The third-order valence-electron chi connectivity index (χ3n) is 5.70. The van der Waals surface area contributed by atoms with Crippen molar-refractivity contribution in [2.24, 2.45) is 0 Å². The monoisotopic (exact) mass is 466 g/mol. The zero-order valence-electron chi connectivity index (χ0n) is 18.0. The first-order valence-electron chi connectivity index (χ1n) is 10.6. The molecular weight excluding hydrogens is 446 g/mol. The number of fused-ring (bicyclic) bond motifs is 1. The van der Waals surface area contributed by atoms with Gasteiger partial charge in [-0.05, 0) is 48.5 Å². The molecule has 1 aromatic heterocycles. The van der Waals surface area contributed by atoms with Crippen LogP contribution in [-0.4, -0.2) is 54.7 Å². The molecule has 3 aromatic rings. The van der Waals surface area contributed by atoms with E-state index in [-0.39, 0.29) is 24.2 Å². The number of amides is 2. The second kappa shape index (κ2) is 8.97. The van der Waals surface area contributed by atoms with Crippen molar-refractivity contribution in [3.63, 3.8) is 0 Å². The van der Waals surface area contributed by atoms with E-state index >= 15 is 0 Å². The third kappa shape index (κ3) is 4.21. The van der Waals surface area contributed by atoms with Gasteiger partial charge in [0.1, 0.15) is 0 Å². The molecule has 0 unspecified atom stereocenters. The molecule has 0 bridgehead atoms. The molecule has 0 saturated carbocycles. The predicted molar refractivity (Wildman–Crippen MR) is 119 cm³/mol. The SMILES string of the molecule is O=C(Nc1cccnc1N1CCN(C(=O)c2ccc(F)c(F)c2)CC1)c1ccc2c(c1)OCO2. The Kier molecular flexibility index (Phi) is 5.70. The quantitative estimate of drug-likeness (QED) is 0.635. The summed E-state index contributed by atoms with van der Waals surface area (Å²) in [4.78, 5) is 33.5. The number of nitrogens with zero attached hydrogens (tertiary/aromatic N) is 3. The Balaban J connectivity index is 1.26. The molecule has 0 spiro atoms. The molecule has 8 nitrogen and oxygen atoms in total. The van der Waals surface area contributed by atoms with E-state index in [4.69, 9.17) is 9.47 Å². The Bertz CT molecular complexity index is 1260. The molecule has 0 atom stereocenters. The van der Waals surface area contributed by atoms with Crippen molar-refractivity contribution in [1.82, 2.24) is 9.88 Å². The van der Waals surface area contributed by atoms with Gasteiger partial charge in [-0.2, -0.15) is 0 Å². The maximum absolute atomic E-state index is 13.5. The molecule has 10 heteroatoms. The lowest BCUT2D eigenvalue weighted by atomic mass is 10.1. The van der Waals surface area contributed by atoms with E-state index in [1.807, 2.05) is 4.90 Å². The van der Waals surface area contributed by atoms with E-state index in [1.54, 1.807) is 41.4 Å². The van der Waals surface area contributed by atoms with Gasteiger partial charge in [-0.25, -0.2) is 13.8 Å². The molecule has 1 N–H and O–H groups in total. The Morgan fingerprint density at radius 3 is 2.44 bits per heavy atom. The number of carbonyl (C=O) groups is 2. The van der Waals surface area contributed by atoms with E-state index in [0.717, 1.165) is 12.1 Å². The van der Waals surface area contributed by atoms with Crippen molar-refractivity contribution in [2.45, 2.75) is 0 Å². The summed E-state index contributed by atoms with van der Waals surface area (Å²) in [6.45, 7) is 1.77. The highest BCUT2D eigenvalue weighted by atomic mass is 19.2.